The van der Waals surface area contributed by atoms with Gasteiger partial charge in [0.05, 0.1) is 44.0 Å². The number of hydrogen-bond donors (Lipinski definition) is 0. The smallest absolute Gasteiger partial charge is 0.261 e. The van der Waals surface area contributed by atoms with E-state index in [-0.39, 0.29) is 21.4 Å². The predicted octanol–water partition coefficient (Wildman–Crippen LogP) is -2.38. The predicted molar refractivity (Wildman–Crippen MR) is 104 cm³/mol. The standard InChI is InChI=1S/2C8H2N4O6/c2*13-7-8(14)10-4-2-6(12(17)18)5(11(15)16)1-3(4)9-7/h2*1-2H. The molecule has 180 valence electrons. The van der Waals surface area contributed by atoms with Crippen LogP contribution in [0.1, 0.15) is 0 Å². The molecule has 0 aromatic heterocycles. The molecular weight excluding hydrogens is 496 g/mol. The maximum Gasteiger partial charge on any atom is 0.348 e. The van der Waals surface area contributed by atoms with Crippen molar-refractivity contribution in [1.29, 1.82) is 0 Å². The van der Waals surface area contributed by atoms with Crippen LogP contribution in [0, 0.1) is 40.5 Å². The van der Waals surface area contributed by atoms with Gasteiger partial charge in [0.25, 0.3) is 0 Å². The Hall–Kier alpha value is -6.08. The molecule has 2 aliphatic rings. The quantitative estimate of drug-likeness (QED) is 0.241. The van der Waals surface area contributed by atoms with Gasteiger partial charge in [0.2, 0.25) is 0 Å². The number of amides is 4. The van der Waals surface area contributed by atoms with Crippen molar-refractivity contribution in [2.24, 2.45) is 20.0 Å². The molecule has 0 spiro atoms. The molecule has 4 amide bonds. The number of carbonyl (C=O) groups is 4. The summed E-state index contributed by atoms with van der Waals surface area (Å²) in [5.41, 5.74) is -3.28. The molecule has 0 bridgehead atoms. The number of nitrogens with zero attached hydrogens (tertiary/aromatic N) is 8. The Morgan fingerprint density at radius 2 is 0.583 bits per heavy atom. The van der Waals surface area contributed by atoms with Crippen LogP contribution in [0.2, 0.25) is 0 Å². The van der Waals surface area contributed by atoms with Crippen molar-refractivity contribution in [3.8, 4) is 0 Å². The molecule has 20 nitrogen and oxygen atoms in total. The summed E-state index contributed by atoms with van der Waals surface area (Å²) in [5, 5.41) is 41.6. The molecule has 2 aromatic rings. The summed E-state index contributed by atoms with van der Waals surface area (Å²) >= 11 is 0. The topological polar surface area (TPSA) is 290 Å². The van der Waals surface area contributed by atoms with Crippen molar-refractivity contribution >= 4 is 46.4 Å². The lowest BCUT2D eigenvalue weighted by atomic mass is 10.2. The molecule has 0 atom stereocenters. The average molecular weight is 500 g/mol. The molecule has 0 fully saturated rings. The number of hydrogen-bond acceptors (Lipinski definition) is 12. The molecule has 0 N–H and O–H groups in total. The summed E-state index contributed by atoms with van der Waals surface area (Å²) in [4.78, 5) is 95.4. The van der Waals surface area contributed by atoms with Crippen molar-refractivity contribution in [3.63, 3.8) is 0 Å². The van der Waals surface area contributed by atoms with Crippen LogP contribution in [0.3, 0.4) is 0 Å². The molecule has 0 aliphatic carbocycles. The lowest BCUT2D eigenvalue weighted by Gasteiger charge is -1.98. The van der Waals surface area contributed by atoms with Crippen LogP contribution in [0.25, 0.3) is 0 Å². The van der Waals surface area contributed by atoms with E-state index in [2.05, 4.69) is 20.0 Å². The third-order valence-corrected chi connectivity index (χ3v) is 4.18. The molecule has 2 aliphatic heterocycles. The number of fused-ring (bicyclic) bond motifs is 2. The number of nitro groups is 4. The van der Waals surface area contributed by atoms with Crippen LogP contribution in [0.5, 0.6) is 0 Å². The van der Waals surface area contributed by atoms with E-state index >= 15 is 0 Å². The van der Waals surface area contributed by atoms with Crippen LogP contribution >= 0.6 is 0 Å². The van der Waals surface area contributed by atoms with E-state index in [1.807, 2.05) is 0 Å². The SMILES string of the molecule is O=C1N=c2cc([N+](=O)[O-])c([N+](=O)[O-])cc2=NC1=O.O=C1N=c2cc([N+](=O)[O-])c([N+](=O)[O-])cc2=NC1=O. The van der Waals surface area contributed by atoms with Crippen LogP contribution < -0.4 is 21.4 Å². The zero-order valence-corrected chi connectivity index (χ0v) is 16.8. The van der Waals surface area contributed by atoms with E-state index in [1.165, 1.54) is 0 Å². The van der Waals surface area contributed by atoms with Gasteiger partial charge >= 0.3 is 46.4 Å². The number of nitro benzene ring substituents is 4. The highest BCUT2D eigenvalue weighted by molar-refractivity contribution is 6.36. The van der Waals surface area contributed by atoms with Gasteiger partial charge in [-0.05, 0) is 0 Å². The van der Waals surface area contributed by atoms with Gasteiger partial charge in [-0.25, -0.2) is 20.0 Å². The number of benzene rings is 2. The van der Waals surface area contributed by atoms with Gasteiger partial charge in [-0.3, -0.25) is 59.6 Å². The van der Waals surface area contributed by atoms with Gasteiger partial charge in [0.1, 0.15) is 21.4 Å². The first-order valence-corrected chi connectivity index (χ1v) is 8.77. The molecular formula is C16H4N8O12. The molecule has 2 heterocycles. The fourth-order valence-corrected chi connectivity index (χ4v) is 2.68. The van der Waals surface area contributed by atoms with Crippen molar-refractivity contribution < 1.29 is 38.9 Å². The Bertz CT molecular complexity index is 1470. The molecule has 0 saturated heterocycles. The highest BCUT2D eigenvalue weighted by Gasteiger charge is 2.28. The first-order valence-electron chi connectivity index (χ1n) is 8.77. The minimum Gasteiger partial charge on any atom is -0.261 e. The minimum atomic E-state index is -1.18. The first kappa shape index (κ1) is 24.6. The fraction of sp³-hybridized carbons (Fsp3) is 0. The van der Waals surface area contributed by atoms with Gasteiger partial charge in [-0.1, -0.05) is 0 Å². The normalized spacial score (nSPS) is 13.3. The Morgan fingerprint density at radius 3 is 0.722 bits per heavy atom. The van der Waals surface area contributed by atoms with E-state index in [1.54, 1.807) is 0 Å². The zero-order chi connectivity index (χ0) is 26.9. The fourth-order valence-electron chi connectivity index (χ4n) is 2.68. The van der Waals surface area contributed by atoms with Crippen molar-refractivity contribution in [2.75, 3.05) is 0 Å². The van der Waals surface area contributed by atoms with Crippen molar-refractivity contribution in [2.45, 2.75) is 0 Å². The summed E-state index contributed by atoms with van der Waals surface area (Å²) in [5.74, 6) is -4.70. The second-order valence-corrected chi connectivity index (χ2v) is 6.36. The molecule has 4 rings (SSSR count). The molecule has 0 unspecified atom stereocenters. The van der Waals surface area contributed by atoms with E-state index in [0.29, 0.717) is 0 Å². The Kier molecular flexibility index (Phi) is 6.17. The summed E-state index contributed by atoms with van der Waals surface area (Å²) in [6.07, 6.45) is 0. The average Bonchev–Trinajstić information content (AvgIpc) is 2.79. The minimum absolute atomic E-state index is 0.239. The summed E-state index contributed by atoms with van der Waals surface area (Å²) in [6.45, 7) is 0. The largest absolute Gasteiger partial charge is 0.348 e. The maximum absolute atomic E-state index is 10.9. The highest BCUT2D eigenvalue weighted by Crippen LogP contribution is 2.23. The zero-order valence-electron chi connectivity index (χ0n) is 16.8. The molecule has 0 radical (unpaired) electrons. The summed E-state index contributed by atoms with van der Waals surface area (Å²) in [6, 6.07) is 2.95. The summed E-state index contributed by atoms with van der Waals surface area (Å²) in [7, 11) is 0. The second-order valence-electron chi connectivity index (χ2n) is 6.36. The highest BCUT2D eigenvalue weighted by atomic mass is 16.6. The Balaban J connectivity index is 0.000000201. The molecule has 36 heavy (non-hydrogen) atoms. The van der Waals surface area contributed by atoms with Crippen LogP contribution in [0.4, 0.5) is 22.7 Å². The monoisotopic (exact) mass is 500 g/mol. The van der Waals surface area contributed by atoms with Crippen molar-refractivity contribution in [3.05, 3.63) is 86.2 Å². The van der Waals surface area contributed by atoms with Crippen LogP contribution in [0.15, 0.2) is 44.2 Å². The van der Waals surface area contributed by atoms with E-state index in [9.17, 15) is 59.6 Å². The molecule has 20 heteroatoms. The second kappa shape index (κ2) is 9.05. The lowest BCUT2D eigenvalue weighted by Crippen LogP contribution is -2.34. The van der Waals surface area contributed by atoms with Crippen molar-refractivity contribution in [1.82, 2.24) is 0 Å². The van der Waals surface area contributed by atoms with E-state index in [4.69, 9.17) is 0 Å². The van der Waals surface area contributed by atoms with Gasteiger partial charge in [0.15, 0.2) is 0 Å². The van der Waals surface area contributed by atoms with Gasteiger partial charge < -0.3 is 0 Å². The first-order chi connectivity index (χ1) is 16.8. The maximum atomic E-state index is 10.9. The summed E-state index contributed by atoms with van der Waals surface area (Å²) < 4.78 is 0. The molecule has 2 aromatic carbocycles. The van der Waals surface area contributed by atoms with Gasteiger partial charge in [-0.15, -0.1) is 0 Å². The third kappa shape index (κ3) is 4.66. The Labute approximate surface area is 192 Å². The van der Waals surface area contributed by atoms with Gasteiger partial charge in [0, 0.05) is 0 Å². The number of carbonyl (C=O) groups excluding carboxylic acids is 4. The van der Waals surface area contributed by atoms with Crippen LogP contribution in [-0.2, 0) is 19.2 Å². The molecule has 0 saturated carbocycles. The van der Waals surface area contributed by atoms with Crippen LogP contribution in [-0.4, -0.2) is 43.3 Å². The van der Waals surface area contributed by atoms with E-state index < -0.39 is 66.1 Å². The third-order valence-electron chi connectivity index (χ3n) is 4.18. The van der Waals surface area contributed by atoms with E-state index in [0.717, 1.165) is 24.3 Å². The van der Waals surface area contributed by atoms with Gasteiger partial charge in [-0.2, -0.15) is 0 Å². The Morgan fingerprint density at radius 1 is 0.417 bits per heavy atom. The number of rotatable bonds is 4. The lowest BCUT2D eigenvalue weighted by molar-refractivity contribution is -0.422.